The van der Waals surface area contributed by atoms with Crippen LogP contribution in [-0.4, -0.2) is 35.0 Å². The summed E-state index contributed by atoms with van der Waals surface area (Å²) in [5.74, 6) is -0.326. The van der Waals surface area contributed by atoms with Gasteiger partial charge >= 0.3 is 5.97 Å². The van der Waals surface area contributed by atoms with Crippen molar-refractivity contribution in [2.24, 2.45) is 0 Å². The molecule has 1 amide bonds. The molecule has 1 aliphatic heterocycles. The Hall–Kier alpha value is -2.41. The summed E-state index contributed by atoms with van der Waals surface area (Å²) in [7, 11) is 1.83. The van der Waals surface area contributed by atoms with Crippen LogP contribution in [0.25, 0.3) is 0 Å². The number of hydrogen-bond donors (Lipinski definition) is 2. The molecule has 0 fully saturated rings. The highest BCUT2D eigenvalue weighted by Crippen LogP contribution is 2.31. The molecule has 0 saturated carbocycles. The highest BCUT2D eigenvalue weighted by molar-refractivity contribution is 7.80. The molecule has 0 spiro atoms. The van der Waals surface area contributed by atoms with Crippen molar-refractivity contribution in [1.29, 1.82) is 0 Å². The van der Waals surface area contributed by atoms with Crippen molar-refractivity contribution in [1.82, 2.24) is 10.2 Å². The topological polar surface area (TPSA) is 70.7 Å². The molecule has 0 aromatic heterocycles. The number of ether oxygens (including phenoxy) is 1. The van der Waals surface area contributed by atoms with Gasteiger partial charge in [0.25, 0.3) is 0 Å². The van der Waals surface area contributed by atoms with Gasteiger partial charge in [0, 0.05) is 24.9 Å². The summed E-state index contributed by atoms with van der Waals surface area (Å²) in [6.07, 6.45) is 8.62. The van der Waals surface area contributed by atoms with Crippen molar-refractivity contribution in [2.45, 2.75) is 91.2 Å². The predicted molar refractivity (Wildman–Crippen MR) is 138 cm³/mol. The van der Waals surface area contributed by atoms with E-state index in [1.54, 1.807) is 4.90 Å². The van der Waals surface area contributed by atoms with E-state index in [9.17, 15) is 9.59 Å². The number of unbranched alkanes of at least 4 members (excludes halogenated alkanes) is 6. The van der Waals surface area contributed by atoms with Crippen molar-refractivity contribution in [3.05, 3.63) is 41.1 Å². The van der Waals surface area contributed by atoms with Crippen molar-refractivity contribution in [2.75, 3.05) is 12.4 Å². The van der Waals surface area contributed by atoms with Crippen LogP contribution in [0.5, 0.6) is 0 Å². The number of nitrogens with zero attached hydrogens (tertiary/aromatic N) is 1. The largest absolute Gasteiger partial charge is 0.459 e. The zero-order valence-electron chi connectivity index (χ0n) is 20.7. The van der Waals surface area contributed by atoms with Crippen LogP contribution in [-0.2, 0) is 14.3 Å². The number of benzene rings is 1. The minimum Gasteiger partial charge on any atom is -0.459 e. The lowest BCUT2D eigenvalue weighted by Crippen LogP contribution is -2.46. The summed E-state index contributed by atoms with van der Waals surface area (Å²) in [5, 5.41) is 6.76. The maximum atomic E-state index is 12.8. The van der Waals surface area contributed by atoms with E-state index in [-0.39, 0.29) is 18.0 Å². The Morgan fingerprint density at radius 1 is 1.09 bits per heavy atom. The van der Waals surface area contributed by atoms with Gasteiger partial charge in [-0.05, 0) is 57.1 Å². The average Bonchev–Trinajstić information content (AvgIpc) is 2.76. The fourth-order valence-corrected chi connectivity index (χ4v) is 4.11. The van der Waals surface area contributed by atoms with Gasteiger partial charge in [0.1, 0.15) is 0 Å². The van der Waals surface area contributed by atoms with Crippen molar-refractivity contribution >= 4 is 34.9 Å². The molecule has 182 valence electrons. The number of carbonyl (C=O) groups excluding carboxylic acids is 2. The molecule has 0 aliphatic carbocycles. The van der Waals surface area contributed by atoms with Gasteiger partial charge in [0.2, 0.25) is 5.91 Å². The van der Waals surface area contributed by atoms with Crippen LogP contribution in [0.3, 0.4) is 0 Å². The monoisotopic (exact) mass is 473 g/mol. The standard InChI is InChI=1S/C26H39N3O3S/c1-6-7-8-9-10-11-12-13-22(30)27-21-16-14-20(15-17-21)24-23(25(31)32-18(2)3)19(4)29(5)26(33)28-24/h14-18,24H,6-13H2,1-5H3,(H,27,30)(H,28,33). The third-order valence-corrected chi connectivity index (χ3v) is 6.24. The Kier molecular flexibility index (Phi) is 10.8. The summed E-state index contributed by atoms with van der Waals surface area (Å²) in [4.78, 5) is 26.9. The SMILES string of the molecule is CCCCCCCCCC(=O)Nc1ccc(C2NC(=S)N(C)C(C)=C2C(=O)OC(C)C)cc1. The Bertz CT molecular complexity index is 849. The summed E-state index contributed by atoms with van der Waals surface area (Å²) >= 11 is 5.44. The summed E-state index contributed by atoms with van der Waals surface area (Å²) in [6.45, 7) is 7.75. The highest BCUT2D eigenvalue weighted by atomic mass is 32.1. The Balaban J connectivity index is 1.99. The number of nitrogens with one attached hydrogen (secondary N) is 2. The summed E-state index contributed by atoms with van der Waals surface area (Å²) in [5.41, 5.74) is 2.93. The number of esters is 1. The van der Waals surface area contributed by atoms with E-state index in [4.69, 9.17) is 17.0 Å². The van der Waals surface area contributed by atoms with E-state index in [0.717, 1.165) is 29.8 Å². The lowest BCUT2D eigenvalue weighted by atomic mass is 9.95. The highest BCUT2D eigenvalue weighted by Gasteiger charge is 2.33. The van der Waals surface area contributed by atoms with Crippen molar-refractivity contribution in [3.8, 4) is 0 Å². The second-order valence-electron chi connectivity index (χ2n) is 8.94. The van der Waals surface area contributed by atoms with Crippen LogP contribution >= 0.6 is 12.2 Å². The first-order chi connectivity index (χ1) is 15.7. The van der Waals surface area contributed by atoms with Crippen LogP contribution in [0.1, 0.15) is 90.7 Å². The first-order valence-corrected chi connectivity index (χ1v) is 12.5. The minimum absolute atomic E-state index is 0.0341. The molecule has 1 heterocycles. The molecule has 2 rings (SSSR count). The van der Waals surface area contributed by atoms with E-state index in [1.165, 1.54) is 32.1 Å². The molecule has 33 heavy (non-hydrogen) atoms. The Morgan fingerprint density at radius 2 is 1.70 bits per heavy atom. The van der Waals surface area contributed by atoms with E-state index >= 15 is 0 Å². The van der Waals surface area contributed by atoms with E-state index in [2.05, 4.69) is 17.6 Å². The van der Waals surface area contributed by atoms with E-state index < -0.39 is 6.04 Å². The molecule has 1 atom stereocenters. The zero-order valence-corrected chi connectivity index (χ0v) is 21.5. The molecule has 0 bridgehead atoms. The summed E-state index contributed by atoms with van der Waals surface area (Å²) < 4.78 is 5.48. The van der Waals surface area contributed by atoms with Gasteiger partial charge in [0.15, 0.2) is 5.11 Å². The quantitative estimate of drug-likeness (QED) is 0.225. The molecule has 6 nitrogen and oxygen atoms in total. The van der Waals surface area contributed by atoms with Gasteiger partial charge in [-0.15, -0.1) is 0 Å². The van der Waals surface area contributed by atoms with Gasteiger partial charge < -0.3 is 20.3 Å². The van der Waals surface area contributed by atoms with Crippen LogP contribution in [0.2, 0.25) is 0 Å². The summed E-state index contributed by atoms with van der Waals surface area (Å²) in [6, 6.07) is 7.14. The van der Waals surface area contributed by atoms with Gasteiger partial charge in [0.05, 0.1) is 17.7 Å². The van der Waals surface area contributed by atoms with Crippen molar-refractivity contribution in [3.63, 3.8) is 0 Å². The number of rotatable bonds is 12. The molecular formula is C26H39N3O3S. The average molecular weight is 474 g/mol. The third-order valence-electron chi connectivity index (χ3n) is 5.85. The lowest BCUT2D eigenvalue weighted by Gasteiger charge is -2.35. The van der Waals surface area contributed by atoms with Gasteiger partial charge in [-0.2, -0.15) is 0 Å². The molecule has 2 N–H and O–H groups in total. The predicted octanol–water partition coefficient (Wildman–Crippen LogP) is 5.85. The zero-order chi connectivity index (χ0) is 24.4. The van der Waals surface area contributed by atoms with Gasteiger partial charge in [-0.3, -0.25) is 4.79 Å². The van der Waals surface area contributed by atoms with Crippen LogP contribution in [0.15, 0.2) is 35.5 Å². The Morgan fingerprint density at radius 3 is 2.30 bits per heavy atom. The van der Waals surface area contributed by atoms with E-state index in [1.807, 2.05) is 52.1 Å². The molecule has 1 aliphatic rings. The number of anilines is 1. The fraction of sp³-hybridized carbons (Fsp3) is 0.577. The molecule has 1 aromatic rings. The molecule has 7 heteroatoms. The first kappa shape index (κ1) is 26.8. The minimum atomic E-state index is -0.405. The fourth-order valence-electron chi connectivity index (χ4n) is 3.85. The molecule has 0 saturated heterocycles. The first-order valence-electron chi connectivity index (χ1n) is 12.1. The Labute approximate surface area is 204 Å². The number of carbonyl (C=O) groups is 2. The number of hydrogen-bond acceptors (Lipinski definition) is 4. The van der Waals surface area contributed by atoms with Crippen LogP contribution in [0, 0.1) is 0 Å². The molecular weight excluding hydrogens is 434 g/mol. The van der Waals surface area contributed by atoms with Crippen LogP contribution < -0.4 is 10.6 Å². The maximum Gasteiger partial charge on any atom is 0.338 e. The third kappa shape index (κ3) is 8.14. The van der Waals surface area contributed by atoms with E-state index in [0.29, 0.717) is 17.1 Å². The molecule has 0 radical (unpaired) electrons. The second-order valence-corrected chi connectivity index (χ2v) is 9.32. The van der Waals surface area contributed by atoms with Gasteiger partial charge in [-0.25, -0.2) is 4.79 Å². The van der Waals surface area contributed by atoms with Crippen LogP contribution in [0.4, 0.5) is 5.69 Å². The second kappa shape index (κ2) is 13.3. The van der Waals surface area contributed by atoms with Gasteiger partial charge in [-0.1, -0.05) is 57.6 Å². The number of amides is 1. The number of allylic oxidation sites excluding steroid dienone is 1. The van der Waals surface area contributed by atoms with Crippen molar-refractivity contribution < 1.29 is 14.3 Å². The molecule has 1 aromatic carbocycles. The molecule has 1 unspecified atom stereocenters. The smallest absolute Gasteiger partial charge is 0.338 e. The normalized spacial score (nSPS) is 16.1. The maximum absolute atomic E-state index is 12.8. The number of thiocarbonyl (C=S) groups is 1. The lowest BCUT2D eigenvalue weighted by molar-refractivity contribution is -0.143.